The number of aromatic nitrogens is 1. The van der Waals surface area contributed by atoms with E-state index < -0.39 is 30.0 Å². The summed E-state index contributed by atoms with van der Waals surface area (Å²) in [5.41, 5.74) is 4.73. The molecule has 1 heterocycles. The molecule has 0 aliphatic heterocycles. The van der Waals surface area contributed by atoms with Crippen LogP contribution in [-0.4, -0.2) is 30.6 Å². The molecule has 0 saturated heterocycles. The SMILES string of the molecule is COc1ccc(N)c(OC(C(F)(F)F)C(F)(F)F)n1. The van der Waals surface area contributed by atoms with E-state index in [2.05, 4.69) is 14.5 Å². The molecule has 10 heteroatoms. The molecule has 1 rings (SSSR count). The van der Waals surface area contributed by atoms with Crippen molar-refractivity contribution in [1.82, 2.24) is 4.98 Å². The number of rotatable bonds is 3. The first-order valence-corrected chi connectivity index (χ1v) is 4.66. The molecule has 0 bridgehead atoms. The topological polar surface area (TPSA) is 57.4 Å². The maximum Gasteiger partial charge on any atom is 0.434 e. The van der Waals surface area contributed by atoms with Crippen molar-refractivity contribution in [2.75, 3.05) is 12.8 Å². The Morgan fingerprint density at radius 1 is 1.11 bits per heavy atom. The van der Waals surface area contributed by atoms with Gasteiger partial charge in [0.2, 0.25) is 11.8 Å². The summed E-state index contributed by atoms with van der Waals surface area (Å²) in [5.74, 6) is -1.23. The van der Waals surface area contributed by atoms with Gasteiger partial charge < -0.3 is 15.2 Å². The van der Waals surface area contributed by atoms with Crippen LogP contribution < -0.4 is 15.2 Å². The first-order chi connectivity index (χ1) is 8.55. The van der Waals surface area contributed by atoms with E-state index >= 15 is 0 Å². The summed E-state index contributed by atoms with van der Waals surface area (Å²) < 4.78 is 82.0. The van der Waals surface area contributed by atoms with Gasteiger partial charge in [-0.3, -0.25) is 0 Å². The van der Waals surface area contributed by atoms with Crippen LogP contribution in [0.1, 0.15) is 0 Å². The molecule has 1 aromatic rings. The number of halogens is 6. The number of methoxy groups -OCH3 is 1. The summed E-state index contributed by atoms with van der Waals surface area (Å²) in [6.45, 7) is 0. The van der Waals surface area contributed by atoms with Gasteiger partial charge in [0, 0.05) is 6.07 Å². The molecule has 1 aromatic heterocycles. The Hall–Kier alpha value is -1.87. The van der Waals surface area contributed by atoms with Gasteiger partial charge in [-0.1, -0.05) is 0 Å². The van der Waals surface area contributed by atoms with Gasteiger partial charge in [0.1, 0.15) is 0 Å². The number of anilines is 1. The monoisotopic (exact) mass is 290 g/mol. The second-order valence-corrected chi connectivity index (χ2v) is 3.33. The number of hydrogen-bond acceptors (Lipinski definition) is 4. The predicted molar refractivity (Wildman–Crippen MR) is 51.7 cm³/mol. The summed E-state index contributed by atoms with van der Waals surface area (Å²) in [4.78, 5) is 3.29. The van der Waals surface area contributed by atoms with Gasteiger partial charge in [-0.2, -0.15) is 31.3 Å². The maximum atomic E-state index is 12.3. The van der Waals surface area contributed by atoms with Gasteiger partial charge in [0.15, 0.2) is 0 Å². The van der Waals surface area contributed by atoms with Crippen LogP contribution >= 0.6 is 0 Å². The quantitative estimate of drug-likeness (QED) is 0.869. The van der Waals surface area contributed by atoms with E-state index in [4.69, 9.17) is 5.73 Å². The molecule has 0 radical (unpaired) electrons. The van der Waals surface area contributed by atoms with Crippen molar-refractivity contribution in [3.05, 3.63) is 12.1 Å². The molecule has 108 valence electrons. The molecule has 19 heavy (non-hydrogen) atoms. The van der Waals surface area contributed by atoms with Crippen molar-refractivity contribution in [2.24, 2.45) is 0 Å². The lowest BCUT2D eigenvalue weighted by atomic mass is 10.3. The Kier molecular flexibility index (Phi) is 4.01. The van der Waals surface area contributed by atoms with Gasteiger partial charge in [-0.25, -0.2) is 0 Å². The number of nitrogens with two attached hydrogens (primary N) is 1. The Balaban J connectivity index is 3.10. The van der Waals surface area contributed by atoms with Crippen LogP contribution in [0.25, 0.3) is 0 Å². The molecule has 0 amide bonds. The van der Waals surface area contributed by atoms with Crippen LogP contribution in [0.3, 0.4) is 0 Å². The molecule has 0 spiro atoms. The Morgan fingerprint density at radius 2 is 1.63 bits per heavy atom. The number of nitrogen functional groups attached to an aromatic ring is 1. The van der Waals surface area contributed by atoms with Crippen LogP contribution in [0.4, 0.5) is 32.0 Å². The van der Waals surface area contributed by atoms with Crippen molar-refractivity contribution in [2.45, 2.75) is 18.5 Å². The normalized spacial score (nSPS) is 12.6. The fourth-order valence-electron chi connectivity index (χ4n) is 1.07. The Morgan fingerprint density at radius 3 is 2.05 bits per heavy atom. The summed E-state index contributed by atoms with van der Waals surface area (Å²) in [7, 11) is 1.13. The van der Waals surface area contributed by atoms with Gasteiger partial charge in [-0.05, 0) is 6.07 Å². The third-order valence-corrected chi connectivity index (χ3v) is 1.90. The van der Waals surface area contributed by atoms with E-state index in [9.17, 15) is 26.3 Å². The maximum absolute atomic E-state index is 12.3. The van der Waals surface area contributed by atoms with Crippen molar-refractivity contribution in [1.29, 1.82) is 0 Å². The molecule has 4 nitrogen and oxygen atoms in total. The number of nitrogens with zero attached hydrogens (tertiary/aromatic N) is 1. The van der Waals surface area contributed by atoms with Gasteiger partial charge in [0.05, 0.1) is 12.8 Å². The van der Waals surface area contributed by atoms with Crippen molar-refractivity contribution in [3.8, 4) is 11.8 Å². The molecule has 0 aliphatic carbocycles. The largest absolute Gasteiger partial charge is 0.481 e. The standard InChI is InChI=1S/C9H8F6N2O2/c1-18-5-3-2-4(16)6(17-5)19-7(8(10,11)12)9(13,14)15/h2-3,7H,16H2,1H3. The Labute approximate surface area is 103 Å². The highest BCUT2D eigenvalue weighted by Gasteiger charge is 2.59. The lowest BCUT2D eigenvalue weighted by Crippen LogP contribution is -2.46. The van der Waals surface area contributed by atoms with Crippen molar-refractivity contribution >= 4 is 5.69 Å². The zero-order chi connectivity index (χ0) is 14.8. The van der Waals surface area contributed by atoms with Crippen LogP contribution in [0, 0.1) is 0 Å². The molecule has 0 aromatic carbocycles. The summed E-state index contributed by atoms with van der Waals surface area (Å²) in [5, 5.41) is 0. The molecule has 0 saturated carbocycles. The van der Waals surface area contributed by atoms with Gasteiger partial charge in [-0.15, -0.1) is 0 Å². The highest BCUT2D eigenvalue weighted by Crippen LogP contribution is 2.37. The number of alkyl halides is 6. The van der Waals surface area contributed by atoms with Gasteiger partial charge >= 0.3 is 12.4 Å². The second kappa shape index (κ2) is 5.02. The highest BCUT2D eigenvalue weighted by molar-refractivity contribution is 5.49. The number of pyridine rings is 1. The van der Waals surface area contributed by atoms with Crippen LogP contribution in [-0.2, 0) is 0 Å². The third-order valence-electron chi connectivity index (χ3n) is 1.90. The zero-order valence-electron chi connectivity index (χ0n) is 9.34. The van der Waals surface area contributed by atoms with Crippen LogP contribution in [0.2, 0.25) is 0 Å². The van der Waals surface area contributed by atoms with Crippen LogP contribution in [0.15, 0.2) is 12.1 Å². The third kappa shape index (κ3) is 3.80. The molecular formula is C9H8F6N2O2. The molecule has 0 unspecified atom stereocenters. The van der Waals surface area contributed by atoms with Crippen molar-refractivity contribution in [3.63, 3.8) is 0 Å². The minimum Gasteiger partial charge on any atom is -0.481 e. The zero-order valence-corrected chi connectivity index (χ0v) is 9.34. The van der Waals surface area contributed by atoms with E-state index in [1.165, 1.54) is 6.07 Å². The Bertz CT molecular complexity index is 431. The molecule has 0 aliphatic rings. The summed E-state index contributed by atoms with van der Waals surface area (Å²) in [6.07, 6.45) is -15.3. The fraction of sp³-hybridized carbons (Fsp3) is 0.444. The predicted octanol–water partition coefficient (Wildman–Crippen LogP) is 2.54. The van der Waals surface area contributed by atoms with E-state index in [0.717, 1.165) is 13.2 Å². The van der Waals surface area contributed by atoms with Gasteiger partial charge in [0.25, 0.3) is 6.10 Å². The molecule has 2 N–H and O–H groups in total. The minimum atomic E-state index is -5.64. The average Bonchev–Trinajstić information content (AvgIpc) is 2.24. The van der Waals surface area contributed by atoms with Crippen molar-refractivity contribution < 1.29 is 35.8 Å². The number of hydrogen-bond donors (Lipinski definition) is 1. The fourth-order valence-corrected chi connectivity index (χ4v) is 1.07. The second-order valence-electron chi connectivity index (χ2n) is 3.33. The van der Waals surface area contributed by atoms with E-state index in [1.807, 2.05) is 0 Å². The number of ether oxygens (including phenoxy) is 2. The van der Waals surface area contributed by atoms with E-state index in [0.29, 0.717) is 0 Å². The lowest BCUT2D eigenvalue weighted by Gasteiger charge is -2.23. The summed E-state index contributed by atoms with van der Waals surface area (Å²) >= 11 is 0. The van der Waals surface area contributed by atoms with Crippen LogP contribution in [0.5, 0.6) is 11.8 Å². The molecular weight excluding hydrogens is 282 g/mol. The molecule has 0 fully saturated rings. The molecule has 0 atom stereocenters. The highest BCUT2D eigenvalue weighted by atomic mass is 19.4. The summed E-state index contributed by atoms with van der Waals surface area (Å²) in [6, 6.07) is 2.18. The first-order valence-electron chi connectivity index (χ1n) is 4.66. The first kappa shape index (κ1) is 15.2. The minimum absolute atomic E-state index is 0.229. The van der Waals surface area contributed by atoms with E-state index in [-0.39, 0.29) is 5.88 Å². The average molecular weight is 290 g/mol. The van der Waals surface area contributed by atoms with E-state index in [1.54, 1.807) is 0 Å². The lowest BCUT2D eigenvalue weighted by molar-refractivity contribution is -0.300. The smallest absolute Gasteiger partial charge is 0.434 e.